The molecule has 25 heavy (non-hydrogen) atoms. The maximum absolute atomic E-state index is 12.0. The number of amides is 2. The molecular weight excluding hydrogens is 312 g/mol. The summed E-state index contributed by atoms with van der Waals surface area (Å²) in [5.74, 6) is 0.707. The van der Waals surface area contributed by atoms with E-state index in [9.17, 15) is 9.90 Å². The summed E-state index contributed by atoms with van der Waals surface area (Å²) in [5.41, 5.74) is 3.89. The van der Waals surface area contributed by atoms with E-state index >= 15 is 0 Å². The zero-order chi connectivity index (χ0) is 17.5. The standard InChI is InChI=1S/C21H26N2O2/c24-19-11-3-6-16(14-19)7-5-13-22-21(25)23-15-18-10-4-9-17-8-1-2-12-20(17)18/h1-3,6,8,11-12,14,18,24H,4-5,7,9-10,13,15H2,(H2,22,23,25). The monoisotopic (exact) mass is 338 g/mol. The SMILES string of the molecule is O=C(NCCCc1cccc(O)c1)NCC1CCCc2ccccc21. The zero-order valence-electron chi connectivity index (χ0n) is 14.5. The van der Waals surface area contributed by atoms with Crippen LogP contribution in [0.4, 0.5) is 4.79 Å². The quantitative estimate of drug-likeness (QED) is 0.703. The van der Waals surface area contributed by atoms with Gasteiger partial charge in [-0.25, -0.2) is 4.79 Å². The molecule has 0 saturated carbocycles. The fraction of sp³-hybridized carbons (Fsp3) is 0.381. The first-order chi connectivity index (χ1) is 12.2. The number of aromatic hydroxyl groups is 1. The van der Waals surface area contributed by atoms with Crippen molar-refractivity contribution in [3.8, 4) is 5.75 Å². The Morgan fingerprint density at radius 1 is 1.12 bits per heavy atom. The third-order valence-electron chi connectivity index (χ3n) is 4.84. The molecule has 3 N–H and O–H groups in total. The van der Waals surface area contributed by atoms with Crippen LogP contribution in [0.25, 0.3) is 0 Å². The maximum atomic E-state index is 12.0. The molecule has 4 heteroatoms. The normalized spacial score (nSPS) is 16.1. The molecular formula is C21H26N2O2. The number of rotatable bonds is 6. The molecule has 0 heterocycles. The molecule has 0 aromatic heterocycles. The van der Waals surface area contributed by atoms with E-state index in [1.54, 1.807) is 12.1 Å². The van der Waals surface area contributed by atoms with Crippen molar-refractivity contribution in [3.05, 3.63) is 65.2 Å². The van der Waals surface area contributed by atoms with Gasteiger partial charge in [-0.3, -0.25) is 0 Å². The molecule has 1 atom stereocenters. The first kappa shape index (κ1) is 17.3. The molecule has 0 fully saturated rings. The Hall–Kier alpha value is -2.49. The Labute approximate surface area is 149 Å². The van der Waals surface area contributed by atoms with Gasteiger partial charge in [0.2, 0.25) is 0 Å². The summed E-state index contributed by atoms with van der Waals surface area (Å²) in [5, 5.41) is 15.4. The van der Waals surface area contributed by atoms with Crippen molar-refractivity contribution in [2.24, 2.45) is 0 Å². The molecule has 0 radical (unpaired) electrons. The molecule has 1 aliphatic rings. The summed E-state index contributed by atoms with van der Waals surface area (Å²) < 4.78 is 0. The molecule has 2 amide bonds. The van der Waals surface area contributed by atoms with Crippen LogP contribution in [0.2, 0.25) is 0 Å². The lowest BCUT2D eigenvalue weighted by Crippen LogP contribution is -2.38. The average Bonchev–Trinajstić information content (AvgIpc) is 2.63. The Balaban J connectivity index is 1.37. The van der Waals surface area contributed by atoms with Gasteiger partial charge in [0.25, 0.3) is 0 Å². The van der Waals surface area contributed by atoms with Gasteiger partial charge in [0.15, 0.2) is 0 Å². The van der Waals surface area contributed by atoms with E-state index in [-0.39, 0.29) is 11.8 Å². The van der Waals surface area contributed by atoms with Gasteiger partial charge >= 0.3 is 6.03 Å². The highest BCUT2D eigenvalue weighted by Gasteiger charge is 2.19. The van der Waals surface area contributed by atoms with Gasteiger partial charge < -0.3 is 15.7 Å². The summed E-state index contributed by atoms with van der Waals surface area (Å²) in [7, 11) is 0. The summed E-state index contributed by atoms with van der Waals surface area (Å²) in [4.78, 5) is 12.0. The van der Waals surface area contributed by atoms with Crippen molar-refractivity contribution in [2.75, 3.05) is 13.1 Å². The summed E-state index contributed by atoms with van der Waals surface area (Å²) in [6.45, 7) is 1.32. The van der Waals surface area contributed by atoms with E-state index in [4.69, 9.17) is 0 Å². The Kier molecular flexibility index (Phi) is 5.94. The molecule has 2 aromatic carbocycles. The van der Waals surface area contributed by atoms with Crippen molar-refractivity contribution in [1.29, 1.82) is 0 Å². The van der Waals surface area contributed by atoms with Crippen LogP contribution < -0.4 is 10.6 Å². The number of fused-ring (bicyclic) bond motifs is 1. The topological polar surface area (TPSA) is 61.4 Å². The number of hydrogen-bond acceptors (Lipinski definition) is 2. The highest BCUT2D eigenvalue weighted by atomic mass is 16.3. The van der Waals surface area contributed by atoms with Crippen LogP contribution in [0, 0.1) is 0 Å². The fourth-order valence-corrected chi connectivity index (χ4v) is 3.55. The number of urea groups is 1. The van der Waals surface area contributed by atoms with Crippen LogP contribution >= 0.6 is 0 Å². The van der Waals surface area contributed by atoms with Crippen molar-refractivity contribution in [3.63, 3.8) is 0 Å². The van der Waals surface area contributed by atoms with Crippen LogP contribution in [0.1, 0.15) is 41.9 Å². The molecule has 1 aliphatic carbocycles. The van der Waals surface area contributed by atoms with Crippen LogP contribution in [-0.4, -0.2) is 24.2 Å². The first-order valence-electron chi connectivity index (χ1n) is 9.10. The van der Waals surface area contributed by atoms with Crippen LogP contribution in [0.3, 0.4) is 0 Å². The average molecular weight is 338 g/mol. The minimum absolute atomic E-state index is 0.0982. The van der Waals surface area contributed by atoms with Gasteiger partial charge in [0.05, 0.1) is 0 Å². The van der Waals surface area contributed by atoms with Gasteiger partial charge in [-0.1, -0.05) is 36.4 Å². The molecule has 132 valence electrons. The highest BCUT2D eigenvalue weighted by Crippen LogP contribution is 2.30. The number of aryl methyl sites for hydroxylation is 2. The van der Waals surface area contributed by atoms with E-state index in [2.05, 4.69) is 34.9 Å². The van der Waals surface area contributed by atoms with Crippen molar-refractivity contribution < 1.29 is 9.90 Å². The highest BCUT2D eigenvalue weighted by molar-refractivity contribution is 5.73. The molecule has 0 aliphatic heterocycles. The summed E-state index contributed by atoms with van der Waals surface area (Å²) in [6, 6.07) is 15.7. The van der Waals surface area contributed by atoms with E-state index in [0.29, 0.717) is 19.0 Å². The predicted octanol–water partition coefficient (Wildman–Crippen LogP) is 3.74. The number of carbonyl (C=O) groups excluding carboxylic acids is 1. The molecule has 0 saturated heterocycles. The predicted molar refractivity (Wildman–Crippen MR) is 100.0 cm³/mol. The largest absolute Gasteiger partial charge is 0.508 e. The van der Waals surface area contributed by atoms with E-state index < -0.39 is 0 Å². The zero-order valence-corrected chi connectivity index (χ0v) is 14.5. The smallest absolute Gasteiger partial charge is 0.314 e. The van der Waals surface area contributed by atoms with E-state index in [1.165, 1.54) is 17.5 Å². The molecule has 3 rings (SSSR count). The third kappa shape index (κ3) is 4.99. The number of carbonyl (C=O) groups is 1. The van der Waals surface area contributed by atoms with Crippen LogP contribution in [-0.2, 0) is 12.8 Å². The summed E-state index contributed by atoms with van der Waals surface area (Å²) in [6.07, 6.45) is 5.16. The van der Waals surface area contributed by atoms with Crippen molar-refractivity contribution >= 4 is 6.03 Å². The second-order valence-corrected chi connectivity index (χ2v) is 6.70. The molecule has 4 nitrogen and oxygen atoms in total. The van der Waals surface area contributed by atoms with Crippen molar-refractivity contribution in [2.45, 2.75) is 38.0 Å². The van der Waals surface area contributed by atoms with Gasteiger partial charge in [-0.05, 0) is 60.9 Å². The lowest BCUT2D eigenvalue weighted by molar-refractivity contribution is 0.239. The van der Waals surface area contributed by atoms with Crippen LogP contribution in [0.5, 0.6) is 5.75 Å². The second-order valence-electron chi connectivity index (χ2n) is 6.70. The molecule has 0 spiro atoms. The Bertz CT molecular complexity index is 715. The van der Waals surface area contributed by atoms with Gasteiger partial charge in [-0.15, -0.1) is 0 Å². The Morgan fingerprint density at radius 3 is 2.88 bits per heavy atom. The molecule has 0 bridgehead atoms. The number of phenols is 1. The first-order valence-corrected chi connectivity index (χ1v) is 9.10. The number of benzene rings is 2. The fourth-order valence-electron chi connectivity index (χ4n) is 3.55. The number of nitrogens with one attached hydrogen (secondary N) is 2. The van der Waals surface area contributed by atoms with Crippen LogP contribution in [0.15, 0.2) is 48.5 Å². The Morgan fingerprint density at radius 2 is 2.00 bits per heavy atom. The second kappa shape index (κ2) is 8.56. The lowest BCUT2D eigenvalue weighted by atomic mass is 9.83. The third-order valence-corrected chi connectivity index (χ3v) is 4.84. The van der Waals surface area contributed by atoms with Crippen molar-refractivity contribution in [1.82, 2.24) is 10.6 Å². The van der Waals surface area contributed by atoms with E-state index in [0.717, 1.165) is 31.2 Å². The minimum atomic E-state index is -0.0982. The number of phenolic OH excluding ortho intramolecular Hbond substituents is 1. The maximum Gasteiger partial charge on any atom is 0.314 e. The summed E-state index contributed by atoms with van der Waals surface area (Å²) >= 11 is 0. The van der Waals surface area contributed by atoms with E-state index in [1.807, 2.05) is 12.1 Å². The molecule has 1 unspecified atom stereocenters. The molecule has 2 aromatic rings. The van der Waals surface area contributed by atoms with Gasteiger partial charge in [-0.2, -0.15) is 0 Å². The minimum Gasteiger partial charge on any atom is -0.508 e. The lowest BCUT2D eigenvalue weighted by Gasteiger charge is -2.25. The number of hydrogen-bond donors (Lipinski definition) is 3. The van der Waals surface area contributed by atoms with Gasteiger partial charge in [0.1, 0.15) is 5.75 Å². The van der Waals surface area contributed by atoms with Gasteiger partial charge in [0, 0.05) is 19.0 Å².